The zero-order chi connectivity index (χ0) is 26.1. The largest absolute Gasteiger partial charge is 0.489 e. The van der Waals surface area contributed by atoms with E-state index < -0.39 is 17.8 Å². The number of aromatic amines is 1. The van der Waals surface area contributed by atoms with Gasteiger partial charge in [-0.1, -0.05) is 17.4 Å². The first-order valence-corrected chi connectivity index (χ1v) is 13.0. The molecule has 2 aromatic carbocycles. The van der Waals surface area contributed by atoms with Crippen LogP contribution in [0.5, 0.6) is 5.75 Å². The topological polar surface area (TPSA) is 116 Å². The number of nitrogens with one attached hydrogen (secondary N) is 3. The average molecular weight is 526 g/mol. The number of carbonyl (C=O) groups excluding carboxylic acids is 2. The van der Waals surface area contributed by atoms with E-state index in [0.29, 0.717) is 30.3 Å². The highest BCUT2D eigenvalue weighted by atomic mass is 32.1. The van der Waals surface area contributed by atoms with Crippen molar-refractivity contribution in [3.8, 4) is 5.75 Å². The Bertz CT molecular complexity index is 1400. The molecule has 2 atom stereocenters. The molecule has 0 radical (unpaired) electrons. The molecule has 0 spiro atoms. The van der Waals surface area contributed by atoms with E-state index in [1.165, 1.54) is 39.4 Å². The van der Waals surface area contributed by atoms with Crippen LogP contribution in [0.15, 0.2) is 29.1 Å². The van der Waals surface area contributed by atoms with Gasteiger partial charge in [-0.05, 0) is 61.1 Å². The van der Waals surface area contributed by atoms with Crippen LogP contribution in [0.4, 0.5) is 10.1 Å². The van der Waals surface area contributed by atoms with Crippen LogP contribution in [0.25, 0.3) is 0 Å². The second kappa shape index (κ2) is 10.3. The Hall–Kier alpha value is -3.73. The quantitative estimate of drug-likeness (QED) is 0.409. The number of benzene rings is 2. The molecule has 194 valence electrons. The number of hydrogen-bond donors (Lipinski definition) is 3. The maximum Gasteiger partial charge on any atom is 0.322 e. The van der Waals surface area contributed by atoms with Crippen molar-refractivity contribution in [1.82, 2.24) is 20.4 Å². The lowest BCUT2D eigenvalue weighted by atomic mass is 9.92. The summed E-state index contributed by atoms with van der Waals surface area (Å²) in [6.45, 7) is 5.97. The average Bonchev–Trinajstić information content (AvgIpc) is 3.51. The lowest BCUT2D eigenvalue weighted by Crippen LogP contribution is -2.40. The van der Waals surface area contributed by atoms with Crippen molar-refractivity contribution >= 4 is 29.3 Å². The number of amides is 2. The number of halogens is 1. The van der Waals surface area contributed by atoms with Gasteiger partial charge in [0.25, 0.3) is 5.91 Å². The molecule has 11 heteroatoms. The van der Waals surface area contributed by atoms with Crippen LogP contribution in [0, 0.1) is 19.7 Å². The van der Waals surface area contributed by atoms with Crippen LogP contribution < -0.4 is 20.2 Å². The number of likely N-dealkylation sites (tertiary alicyclic amines) is 1. The van der Waals surface area contributed by atoms with E-state index in [0.717, 1.165) is 36.3 Å². The first kappa shape index (κ1) is 24.9. The van der Waals surface area contributed by atoms with E-state index >= 15 is 0 Å². The van der Waals surface area contributed by atoms with Gasteiger partial charge in [-0.15, -0.1) is 0 Å². The Balaban J connectivity index is 1.28. The first-order valence-electron chi connectivity index (χ1n) is 12.2. The molecule has 2 amide bonds. The van der Waals surface area contributed by atoms with Crippen molar-refractivity contribution in [2.24, 2.45) is 0 Å². The highest BCUT2D eigenvalue weighted by Crippen LogP contribution is 2.32. The number of aromatic nitrogens is 2. The minimum atomic E-state index is -0.704. The summed E-state index contributed by atoms with van der Waals surface area (Å²) in [5.41, 5.74) is 5.76. The molecule has 0 bridgehead atoms. The molecule has 1 saturated heterocycles. The third kappa shape index (κ3) is 5.08. The third-order valence-corrected chi connectivity index (χ3v) is 8.00. The van der Waals surface area contributed by atoms with E-state index in [1.54, 1.807) is 6.07 Å². The maximum atomic E-state index is 15.0. The lowest BCUT2D eigenvalue weighted by Gasteiger charge is -2.25. The molecule has 3 N–H and O–H groups in total. The molecule has 1 fully saturated rings. The summed E-state index contributed by atoms with van der Waals surface area (Å²) in [5, 5.41) is 13.1. The van der Waals surface area contributed by atoms with Gasteiger partial charge in [0, 0.05) is 31.4 Å². The van der Waals surface area contributed by atoms with E-state index in [-0.39, 0.29) is 22.9 Å². The van der Waals surface area contributed by atoms with Gasteiger partial charge in [-0.2, -0.15) is 5.10 Å². The van der Waals surface area contributed by atoms with Crippen molar-refractivity contribution in [3.05, 3.63) is 72.6 Å². The summed E-state index contributed by atoms with van der Waals surface area (Å²) >= 11 is 0.932. The van der Waals surface area contributed by atoms with Crippen LogP contribution in [0.1, 0.15) is 50.0 Å². The Labute approximate surface area is 217 Å². The molecule has 2 aliphatic rings. The number of fused-ring (bicyclic) bond motifs is 1. The van der Waals surface area contributed by atoms with Gasteiger partial charge in [0.05, 0.1) is 17.5 Å². The molecule has 1 aromatic heterocycles. The summed E-state index contributed by atoms with van der Waals surface area (Å²) < 4.78 is 20.9. The number of rotatable bonds is 7. The van der Waals surface area contributed by atoms with E-state index in [1.807, 2.05) is 0 Å². The zero-order valence-electron chi connectivity index (χ0n) is 20.6. The van der Waals surface area contributed by atoms with Crippen LogP contribution in [-0.4, -0.2) is 53.1 Å². The number of aryl methyl sites for hydroxylation is 1. The van der Waals surface area contributed by atoms with Crippen LogP contribution in [0.2, 0.25) is 0 Å². The smallest absolute Gasteiger partial charge is 0.322 e. The van der Waals surface area contributed by atoms with Crippen LogP contribution in [0.3, 0.4) is 0 Å². The van der Waals surface area contributed by atoms with Gasteiger partial charge in [0.15, 0.2) is 0 Å². The predicted octanol–water partition coefficient (Wildman–Crippen LogP) is 2.88. The number of hydrogen-bond acceptors (Lipinski definition) is 7. The molecule has 3 heterocycles. The minimum Gasteiger partial charge on any atom is -0.489 e. The maximum absolute atomic E-state index is 15.0. The molecule has 0 unspecified atom stereocenters. The van der Waals surface area contributed by atoms with Crippen molar-refractivity contribution in [3.63, 3.8) is 0 Å². The summed E-state index contributed by atoms with van der Waals surface area (Å²) in [6.07, 6.45) is 2.70. The monoisotopic (exact) mass is 525 g/mol. The summed E-state index contributed by atoms with van der Waals surface area (Å²) in [7, 11) is 0. The molecular formula is C26H28FN5O4S. The number of nitrogens with zero attached hydrogens (tertiary/aromatic N) is 2. The summed E-state index contributed by atoms with van der Waals surface area (Å²) in [4.78, 5) is 37.0. The number of anilines is 1. The molecule has 3 aromatic rings. The van der Waals surface area contributed by atoms with Crippen molar-refractivity contribution < 1.29 is 18.7 Å². The van der Waals surface area contributed by atoms with Crippen LogP contribution >= 0.6 is 11.3 Å². The Morgan fingerprint density at radius 2 is 2.16 bits per heavy atom. The van der Waals surface area contributed by atoms with E-state index in [4.69, 9.17) is 4.74 Å². The lowest BCUT2D eigenvalue weighted by molar-refractivity contribution is -0.117. The Morgan fingerprint density at radius 1 is 1.32 bits per heavy atom. The number of ether oxygens (including phenoxy) is 1. The van der Waals surface area contributed by atoms with Gasteiger partial charge in [-0.25, -0.2) is 9.49 Å². The summed E-state index contributed by atoms with van der Waals surface area (Å²) in [6, 6.07) is 5.80. The minimum absolute atomic E-state index is 0.126. The molecule has 0 saturated carbocycles. The number of H-pyrrole nitrogens is 1. The third-order valence-electron chi connectivity index (χ3n) is 7.12. The molecule has 2 aliphatic heterocycles. The van der Waals surface area contributed by atoms with Gasteiger partial charge >= 0.3 is 4.87 Å². The van der Waals surface area contributed by atoms with E-state index in [9.17, 15) is 18.8 Å². The Kier molecular flexibility index (Phi) is 6.96. The second-order valence-electron chi connectivity index (χ2n) is 9.49. The zero-order valence-corrected chi connectivity index (χ0v) is 21.4. The molecular weight excluding hydrogens is 497 g/mol. The van der Waals surface area contributed by atoms with Gasteiger partial charge in [-0.3, -0.25) is 14.4 Å². The SMILES string of the molecule is Cc1cc(COc2ccc(C(=O)N[C@@H]3CN(C=O)C[C@@H]3c3n[nH]c(=O)s3)c(F)c2)c2c(c1C)NCCC2. The fourth-order valence-corrected chi connectivity index (χ4v) is 5.83. The van der Waals surface area contributed by atoms with Gasteiger partial charge in [0.1, 0.15) is 23.2 Å². The standard InChI is InChI=1S/C26H28FN5O4S/c1-14-8-16(18-4-3-7-28-23(18)15(14)2)12-36-17-5-6-19(21(27)9-17)24(34)29-22-11-32(13-33)10-20(22)25-30-31-26(35)37-25/h5-6,8-9,13,20,22,28H,3-4,7,10-12H2,1-2H3,(H,29,34)(H,31,35)/t20-,22+/m0/s1. The molecule has 9 nitrogen and oxygen atoms in total. The molecule has 5 rings (SSSR count). The predicted molar refractivity (Wildman–Crippen MR) is 138 cm³/mol. The van der Waals surface area contributed by atoms with Crippen molar-refractivity contribution in [1.29, 1.82) is 0 Å². The van der Waals surface area contributed by atoms with Crippen molar-refractivity contribution in [2.45, 2.75) is 45.3 Å². The van der Waals surface area contributed by atoms with Gasteiger partial charge in [0.2, 0.25) is 6.41 Å². The van der Waals surface area contributed by atoms with Crippen LogP contribution in [-0.2, 0) is 17.8 Å². The molecule has 0 aliphatic carbocycles. The first-order chi connectivity index (χ1) is 17.8. The Morgan fingerprint density at radius 3 is 2.89 bits per heavy atom. The fraction of sp³-hybridized carbons (Fsp3) is 0.385. The normalized spacial score (nSPS) is 18.7. The van der Waals surface area contributed by atoms with Gasteiger partial charge < -0.3 is 20.3 Å². The fourth-order valence-electron chi connectivity index (χ4n) is 5.07. The number of carbonyl (C=O) groups is 2. The van der Waals surface area contributed by atoms with E-state index in [2.05, 4.69) is 40.7 Å². The molecule has 37 heavy (non-hydrogen) atoms. The highest BCUT2D eigenvalue weighted by Gasteiger charge is 2.37. The highest BCUT2D eigenvalue weighted by molar-refractivity contribution is 7.08. The van der Waals surface area contributed by atoms with Crippen molar-refractivity contribution in [2.75, 3.05) is 25.0 Å². The summed E-state index contributed by atoms with van der Waals surface area (Å²) in [5.74, 6) is -1.34. The second-order valence-corrected chi connectivity index (χ2v) is 10.5.